The Morgan fingerprint density at radius 1 is 1.06 bits per heavy atom. The van der Waals surface area contributed by atoms with E-state index < -0.39 is 24.3 Å². The predicted octanol–water partition coefficient (Wildman–Crippen LogP) is 4.98. The topological polar surface area (TPSA) is 149 Å². The van der Waals surface area contributed by atoms with Crippen molar-refractivity contribution in [1.29, 1.82) is 0 Å². The molecule has 1 heterocycles. The van der Waals surface area contributed by atoms with Crippen LogP contribution >= 0.6 is 11.6 Å². The third-order valence-corrected chi connectivity index (χ3v) is 6.99. The Hall–Kier alpha value is -5.01. The van der Waals surface area contributed by atoms with Crippen LogP contribution in [0.25, 0.3) is 0 Å². The second-order valence-corrected chi connectivity index (χ2v) is 10.5. The number of hydrazone groups is 1. The number of aliphatic hydroxyl groups is 1. The molecule has 1 aliphatic rings. The number of hydrogen-bond donors (Lipinski definition) is 4. The Morgan fingerprint density at radius 3 is 2.55 bits per heavy atom. The summed E-state index contributed by atoms with van der Waals surface area (Å²) >= 11 is 6.48. The van der Waals surface area contributed by atoms with Crippen LogP contribution in [0.15, 0.2) is 71.0 Å². The first kappa shape index (κ1) is 34.9. The molecular formula is C33H36ClFN4O8. The summed E-state index contributed by atoms with van der Waals surface area (Å²) in [7, 11) is 1.26. The number of carbonyl (C=O) groups excluding carboxylic acids is 2. The minimum atomic E-state index is -1.21. The lowest BCUT2D eigenvalue weighted by Crippen LogP contribution is -2.45. The van der Waals surface area contributed by atoms with Gasteiger partial charge in [0.2, 0.25) is 0 Å². The smallest absolute Gasteiger partial charge is 0.337 e. The van der Waals surface area contributed by atoms with Gasteiger partial charge in [-0.3, -0.25) is 5.43 Å². The predicted molar refractivity (Wildman–Crippen MR) is 172 cm³/mol. The number of rotatable bonds is 15. The molecule has 0 unspecified atom stereocenters. The molecule has 0 radical (unpaired) electrons. The lowest BCUT2D eigenvalue weighted by Gasteiger charge is -2.28. The molecule has 0 fully saturated rings. The van der Waals surface area contributed by atoms with Crippen molar-refractivity contribution in [2.24, 2.45) is 5.10 Å². The summed E-state index contributed by atoms with van der Waals surface area (Å²) in [5, 5.41) is 20.1. The van der Waals surface area contributed by atoms with Gasteiger partial charge in [0.05, 0.1) is 43.2 Å². The first-order chi connectivity index (χ1) is 22.6. The molecule has 47 heavy (non-hydrogen) atoms. The number of amides is 2. The number of nitrogens with zero attached hydrogens (tertiary/aromatic N) is 1. The van der Waals surface area contributed by atoms with Gasteiger partial charge >= 0.3 is 12.0 Å². The summed E-state index contributed by atoms with van der Waals surface area (Å²) in [6.07, 6.45) is 0.229. The zero-order valence-electron chi connectivity index (χ0n) is 26.3. The van der Waals surface area contributed by atoms with Crippen molar-refractivity contribution >= 4 is 29.8 Å². The summed E-state index contributed by atoms with van der Waals surface area (Å²) in [5.74, 6) is 0.393. The van der Waals surface area contributed by atoms with Crippen molar-refractivity contribution < 1.29 is 42.8 Å². The minimum Gasteiger partial charge on any atom is -0.490 e. The third kappa shape index (κ3) is 9.27. The summed E-state index contributed by atoms with van der Waals surface area (Å²) in [4.78, 5) is 24.6. The lowest BCUT2D eigenvalue weighted by atomic mass is 9.95. The monoisotopic (exact) mass is 670 g/mol. The number of hydrogen-bond acceptors (Lipinski definition) is 10. The van der Waals surface area contributed by atoms with E-state index >= 15 is 0 Å². The molecule has 1 aliphatic heterocycles. The minimum absolute atomic E-state index is 0.0896. The van der Waals surface area contributed by atoms with Crippen LogP contribution in [0.2, 0.25) is 5.02 Å². The van der Waals surface area contributed by atoms with Crippen LogP contribution in [0.4, 0.5) is 9.18 Å². The van der Waals surface area contributed by atoms with E-state index in [2.05, 4.69) is 21.2 Å². The molecule has 3 aromatic rings. The van der Waals surface area contributed by atoms with E-state index in [9.17, 15) is 19.1 Å². The highest BCUT2D eigenvalue weighted by atomic mass is 35.5. The number of ether oxygens (including phenoxy) is 5. The van der Waals surface area contributed by atoms with Crippen molar-refractivity contribution in [3.63, 3.8) is 0 Å². The van der Waals surface area contributed by atoms with Gasteiger partial charge in [0.15, 0.2) is 29.2 Å². The van der Waals surface area contributed by atoms with Crippen molar-refractivity contribution in [3.05, 3.63) is 93.4 Å². The van der Waals surface area contributed by atoms with Crippen LogP contribution < -0.4 is 35.0 Å². The van der Waals surface area contributed by atoms with Crippen LogP contribution in [-0.2, 0) is 16.1 Å². The van der Waals surface area contributed by atoms with Gasteiger partial charge in [-0.25, -0.2) is 14.0 Å². The highest BCUT2D eigenvalue weighted by Crippen LogP contribution is 2.37. The Morgan fingerprint density at radius 2 is 1.83 bits per heavy atom. The van der Waals surface area contributed by atoms with E-state index in [0.717, 1.165) is 0 Å². The average molecular weight is 671 g/mol. The SMILES string of the molecule is CCOc1cc([C@@H]2NC(=O)NC(C)=C2C(=O)OC)ccc1OC[C@@H](O)N/N=C\c1cc(Cl)c(OCc2cccc(F)c2)c(OCC)c1. The van der Waals surface area contributed by atoms with Gasteiger partial charge in [0.25, 0.3) is 0 Å². The van der Waals surface area contributed by atoms with Crippen LogP contribution in [0, 0.1) is 5.82 Å². The van der Waals surface area contributed by atoms with Gasteiger partial charge in [-0.2, -0.15) is 5.10 Å². The van der Waals surface area contributed by atoms with Crippen molar-refractivity contribution in [2.45, 2.75) is 39.6 Å². The second kappa shape index (κ2) is 16.5. The molecule has 4 N–H and O–H groups in total. The first-order valence-electron chi connectivity index (χ1n) is 14.7. The van der Waals surface area contributed by atoms with E-state index in [1.54, 1.807) is 56.3 Å². The fourth-order valence-corrected chi connectivity index (χ4v) is 4.94. The Kier molecular flexibility index (Phi) is 12.3. The summed E-state index contributed by atoms with van der Waals surface area (Å²) in [6, 6.07) is 13.0. The van der Waals surface area contributed by atoms with Crippen LogP contribution in [0.1, 0.15) is 43.5 Å². The van der Waals surface area contributed by atoms with E-state index in [0.29, 0.717) is 58.6 Å². The van der Waals surface area contributed by atoms with Gasteiger partial charge in [0, 0.05) is 5.70 Å². The fraction of sp³-hybridized carbons (Fsp3) is 0.303. The number of allylic oxidation sites excluding steroid dienone is 1. The lowest BCUT2D eigenvalue weighted by molar-refractivity contribution is -0.136. The van der Waals surface area contributed by atoms with Gasteiger partial charge in [-0.1, -0.05) is 29.8 Å². The van der Waals surface area contributed by atoms with E-state index in [1.165, 1.54) is 25.5 Å². The molecule has 4 rings (SSSR count). The van der Waals surface area contributed by atoms with Gasteiger partial charge < -0.3 is 39.4 Å². The molecule has 0 aromatic heterocycles. The number of benzene rings is 3. The quantitative estimate of drug-likeness (QED) is 0.0761. The van der Waals surface area contributed by atoms with Gasteiger partial charge in [-0.05, 0) is 73.9 Å². The molecule has 12 nitrogen and oxygen atoms in total. The first-order valence-corrected chi connectivity index (χ1v) is 15.1. The number of methoxy groups -OCH3 is 1. The molecule has 2 amide bonds. The molecule has 3 aromatic carbocycles. The number of urea groups is 1. The number of halogens is 2. The molecule has 0 aliphatic carbocycles. The summed E-state index contributed by atoms with van der Waals surface area (Å²) in [5.41, 5.74) is 4.97. The average Bonchev–Trinajstić information content (AvgIpc) is 3.03. The van der Waals surface area contributed by atoms with Crippen LogP contribution in [-0.4, -0.2) is 56.5 Å². The van der Waals surface area contributed by atoms with E-state index in [-0.39, 0.29) is 29.6 Å². The van der Waals surface area contributed by atoms with E-state index in [1.807, 2.05) is 6.92 Å². The molecule has 0 spiro atoms. The largest absolute Gasteiger partial charge is 0.490 e. The van der Waals surface area contributed by atoms with Gasteiger partial charge in [0.1, 0.15) is 19.0 Å². The maximum absolute atomic E-state index is 13.5. The Labute approximate surface area is 276 Å². The second-order valence-electron chi connectivity index (χ2n) is 10.1. The maximum atomic E-state index is 13.5. The van der Waals surface area contributed by atoms with E-state index in [4.69, 9.17) is 35.3 Å². The fourth-order valence-electron chi connectivity index (χ4n) is 4.67. The molecular weight excluding hydrogens is 635 g/mol. The zero-order chi connectivity index (χ0) is 33.9. The maximum Gasteiger partial charge on any atom is 0.337 e. The normalized spacial score (nSPS) is 15.0. The Bertz CT molecular complexity index is 1650. The highest BCUT2D eigenvalue weighted by molar-refractivity contribution is 6.32. The van der Waals surface area contributed by atoms with Crippen molar-refractivity contribution in [3.8, 4) is 23.0 Å². The van der Waals surface area contributed by atoms with Gasteiger partial charge in [-0.15, -0.1) is 0 Å². The number of carbonyl (C=O) groups is 2. The van der Waals surface area contributed by atoms with Crippen molar-refractivity contribution in [2.75, 3.05) is 26.9 Å². The zero-order valence-corrected chi connectivity index (χ0v) is 27.0. The molecule has 0 saturated heterocycles. The summed E-state index contributed by atoms with van der Waals surface area (Å²) < 4.78 is 41.5. The standard InChI is InChI=1S/C33H36ClFN4O8/c1-5-44-26-15-22(30-29(32(41)43-4)19(3)37-33(42)38-30)10-11-25(26)46-18-28(40)39-36-16-21-13-24(34)31(27(14-21)45-6-2)47-17-20-8-7-9-23(35)12-20/h7-16,28,30,39-40H,5-6,17-18H2,1-4H3,(H2,37,38,42)/b36-16-/t28-,30+/m1/s1. The number of nitrogens with one attached hydrogen (secondary N) is 3. The molecule has 0 saturated carbocycles. The Balaban J connectivity index is 1.40. The molecule has 0 bridgehead atoms. The third-order valence-electron chi connectivity index (χ3n) is 6.71. The van der Waals surface area contributed by atoms with Crippen LogP contribution in [0.5, 0.6) is 23.0 Å². The highest BCUT2D eigenvalue weighted by Gasteiger charge is 2.32. The molecule has 2 atom stereocenters. The summed E-state index contributed by atoms with van der Waals surface area (Å²) in [6.45, 7) is 5.77. The number of esters is 1. The van der Waals surface area contributed by atoms with Crippen LogP contribution in [0.3, 0.4) is 0 Å². The molecule has 250 valence electrons. The molecule has 14 heteroatoms. The number of aliphatic hydroxyl groups excluding tert-OH is 1. The van der Waals surface area contributed by atoms with Crippen molar-refractivity contribution in [1.82, 2.24) is 16.1 Å².